The molecule has 0 spiro atoms. The average Bonchev–Trinajstić information content (AvgIpc) is 2.92. The minimum absolute atomic E-state index is 0.0745. The third-order valence-electron chi connectivity index (χ3n) is 6.69. The second kappa shape index (κ2) is 13.6. The number of nitrogens with zero attached hydrogens (tertiary/aromatic N) is 2. The van der Waals surface area contributed by atoms with Crippen LogP contribution in [0.2, 0.25) is 5.02 Å². The molecule has 1 atom stereocenters. The number of anilines is 1. The van der Waals surface area contributed by atoms with Crippen LogP contribution in [0, 0.1) is 13.8 Å². The van der Waals surface area contributed by atoms with E-state index in [2.05, 4.69) is 5.32 Å². The Morgan fingerprint density at radius 1 is 0.974 bits per heavy atom. The van der Waals surface area contributed by atoms with Gasteiger partial charge in [-0.25, -0.2) is 8.42 Å². The molecule has 2 amide bonds. The van der Waals surface area contributed by atoms with E-state index in [-0.39, 0.29) is 17.3 Å². The Balaban J connectivity index is 2.03. The van der Waals surface area contributed by atoms with Crippen molar-refractivity contribution in [2.24, 2.45) is 0 Å². The van der Waals surface area contributed by atoms with Crippen LogP contribution in [-0.2, 0) is 26.2 Å². The molecule has 39 heavy (non-hydrogen) atoms. The van der Waals surface area contributed by atoms with Crippen LogP contribution in [0.25, 0.3) is 0 Å². The van der Waals surface area contributed by atoms with Crippen LogP contribution < -0.4 is 9.62 Å². The van der Waals surface area contributed by atoms with Crippen molar-refractivity contribution in [2.45, 2.75) is 58.0 Å². The van der Waals surface area contributed by atoms with Gasteiger partial charge in [0.15, 0.2) is 0 Å². The number of hydrogen-bond acceptors (Lipinski definition) is 4. The first-order valence-corrected chi connectivity index (χ1v) is 14.8. The van der Waals surface area contributed by atoms with Crippen molar-refractivity contribution in [1.82, 2.24) is 10.2 Å². The maximum atomic E-state index is 14.0. The topological polar surface area (TPSA) is 86.8 Å². The summed E-state index contributed by atoms with van der Waals surface area (Å²) >= 11 is 6.19. The van der Waals surface area contributed by atoms with Gasteiger partial charge in [0, 0.05) is 18.1 Å². The molecule has 0 bridgehead atoms. The summed E-state index contributed by atoms with van der Waals surface area (Å²) in [5.41, 5.74) is 2.78. The Bertz CT molecular complexity index is 1400. The van der Waals surface area contributed by atoms with Gasteiger partial charge in [0.2, 0.25) is 11.8 Å². The second-order valence-corrected chi connectivity index (χ2v) is 11.8. The molecule has 208 valence electrons. The van der Waals surface area contributed by atoms with E-state index in [4.69, 9.17) is 11.6 Å². The Labute approximate surface area is 236 Å². The highest BCUT2D eigenvalue weighted by Crippen LogP contribution is 2.29. The summed E-state index contributed by atoms with van der Waals surface area (Å²) in [6, 6.07) is 19.6. The number of carbonyl (C=O) groups is 2. The van der Waals surface area contributed by atoms with Crippen LogP contribution in [0.15, 0.2) is 77.7 Å². The van der Waals surface area contributed by atoms with Gasteiger partial charge in [0.05, 0.1) is 10.6 Å². The third kappa shape index (κ3) is 7.61. The van der Waals surface area contributed by atoms with E-state index in [1.54, 1.807) is 55.5 Å². The summed E-state index contributed by atoms with van der Waals surface area (Å²) in [6.45, 7) is 7.51. The molecule has 0 radical (unpaired) electrons. The van der Waals surface area contributed by atoms with E-state index in [0.29, 0.717) is 17.3 Å². The molecule has 9 heteroatoms. The fourth-order valence-corrected chi connectivity index (χ4v) is 5.90. The van der Waals surface area contributed by atoms with Crippen molar-refractivity contribution >= 4 is 39.1 Å². The van der Waals surface area contributed by atoms with Gasteiger partial charge in [-0.1, -0.05) is 67.4 Å². The SMILES string of the molecule is CCCCNC(=O)[C@H](C)N(Cc1cccc(Cl)c1)C(=O)CN(c1cccc(C)c1C)S(=O)(=O)c1ccccc1. The number of nitrogens with one attached hydrogen (secondary N) is 1. The lowest BCUT2D eigenvalue weighted by atomic mass is 10.1. The number of benzene rings is 3. The molecule has 0 aromatic heterocycles. The monoisotopic (exact) mass is 569 g/mol. The zero-order valence-corrected chi connectivity index (χ0v) is 24.4. The average molecular weight is 570 g/mol. The number of halogens is 1. The lowest BCUT2D eigenvalue weighted by Crippen LogP contribution is -2.51. The molecule has 0 aliphatic carbocycles. The van der Waals surface area contributed by atoms with Crippen LogP contribution >= 0.6 is 11.6 Å². The number of carbonyl (C=O) groups excluding carboxylic acids is 2. The van der Waals surface area contributed by atoms with Crippen LogP contribution in [0.5, 0.6) is 0 Å². The molecule has 3 aromatic rings. The Morgan fingerprint density at radius 3 is 2.33 bits per heavy atom. The van der Waals surface area contributed by atoms with Crippen molar-refractivity contribution in [1.29, 1.82) is 0 Å². The maximum Gasteiger partial charge on any atom is 0.264 e. The highest BCUT2D eigenvalue weighted by molar-refractivity contribution is 7.92. The van der Waals surface area contributed by atoms with Gasteiger partial charge in [-0.15, -0.1) is 0 Å². The minimum Gasteiger partial charge on any atom is -0.354 e. The van der Waals surface area contributed by atoms with Crippen molar-refractivity contribution < 1.29 is 18.0 Å². The fraction of sp³-hybridized carbons (Fsp3) is 0.333. The van der Waals surface area contributed by atoms with Gasteiger partial charge in [0.1, 0.15) is 12.6 Å². The van der Waals surface area contributed by atoms with Crippen molar-refractivity contribution in [3.63, 3.8) is 0 Å². The molecule has 0 aliphatic rings. The van der Waals surface area contributed by atoms with Gasteiger partial charge >= 0.3 is 0 Å². The molecule has 0 heterocycles. The Kier molecular flexibility index (Phi) is 10.5. The van der Waals surface area contributed by atoms with E-state index >= 15 is 0 Å². The molecule has 0 aliphatic heterocycles. The summed E-state index contributed by atoms with van der Waals surface area (Å²) in [6.07, 6.45) is 1.73. The summed E-state index contributed by atoms with van der Waals surface area (Å²) in [5.74, 6) is -0.809. The van der Waals surface area contributed by atoms with Crippen LogP contribution in [0.4, 0.5) is 5.69 Å². The molecule has 0 saturated heterocycles. The molecule has 1 N–H and O–H groups in total. The van der Waals surface area contributed by atoms with Gasteiger partial charge in [-0.05, 0) is 74.2 Å². The maximum absolute atomic E-state index is 14.0. The largest absolute Gasteiger partial charge is 0.354 e. The Morgan fingerprint density at radius 2 is 1.67 bits per heavy atom. The predicted octanol–water partition coefficient (Wildman–Crippen LogP) is 5.49. The standard InChI is InChI=1S/C30H36ClN3O4S/c1-5-6-18-32-30(36)24(4)33(20-25-13-11-14-26(31)19-25)29(35)21-34(28-17-10-12-22(2)23(28)3)39(37,38)27-15-8-7-9-16-27/h7-17,19,24H,5-6,18,20-21H2,1-4H3,(H,32,36)/t24-/m0/s1. The second-order valence-electron chi connectivity index (χ2n) is 9.52. The number of unbranched alkanes of at least 4 members (excludes halogenated alkanes) is 1. The van der Waals surface area contributed by atoms with Crippen molar-refractivity contribution in [2.75, 3.05) is 17.4 Å². The van der Waals surface area contributed by atoms with E-state index < -0.39 is 28.5 Å². The smallest absolute Gasteiger partial charge is 0.264 e. The van der Waals surface area contributed by atoms with Crippen molar-refractivity contribution in [3.05, 3.63) is 94.5 Å². The number of aryl methyl sites for hydroxylation is 1. The number of amides is 2. The van der Waals surface area contributed by atoms with Crippen LogP contribution in [-0.4, -0.2) is 44.3 Å². The van der Waals surface area contributed by atoms with E-state index in [1.807, 2.05) is 32.9 Å². The highest BCUT2D eigenvalue weighted by Gasteiger charge is 2.33. The molecule has 0 unspecified atom stereocenters. The van der Waals surface area contributed by atoms with Crippen LogP contribution in [0.1, 0.15) is 43.4 Å². The van der Waals surface area contributed by atoms with E-state index in [9.17, 15) is 18.0 Å². The summed E-state index contributed by atoms with van der Waals surface area (Å²) in [4.78, 5) is 28.5. The number of sulfonamides is 1. The van der Waals surface area contributed by atoms with Gasteiger partial charge < -0.3 is 10.2 Å². The molecule has 0 fully saturated rings. The predicted molar refractivity (Wildman–Crippen MR) is 156 cm³/mol. The highest BCUT2D eigenvalue weighted by atomic mass is 35.5. The molecule has 0 saturated carbocycles. The molecular formula is C30H36ClN3O4S. The fourth-order valence-electron chi connectivity index (χ4n) is 4.19. The Hall–Kier alpha value is -3.36. The molecule has 3 aromatic carbocycles. The lowest BCUT2D eigenvalue weighted by Gasteiger charge is -2.32. The quantitative estimate of drug-likeness (QED) is 0.292. The van der Waals surface area contributed by atoms with Gasteiger partial charge in [-0.2, -0.15) is 0 Å². The van der Waals surface area contributed by atoms with Crippen LogP contribution in [0.3, 0.4) is 0 Å². The molecule has 7 nitrogen and oxygen atoms in total. The summed E-state index contributed by atoms with van der Waals surface area (Å²) in [5, 5.41) is 3.39. The summed E-state index contributed by atoms with van der Waals surface area (Å²) in [7, 11) is -4.10. The zero-order valence-electron chi connectivity index (χ0n) is 22.9. The van der Waals surface area contributed by atoms with E-state index in [0.717, 1.165) is 33.8 Å². The normalized spacial score (nSPS) is 12.0. The number of rotatable bonds is 12. The van der Waals surface area contributed by atoms with Gasteiger partial charge in [-0.3, -0.25) is 13.9 Å². The zero-order chi connectivity index (χ0) is 28.6. The first-order valence-electron chi connectivity index (χ1n) is 13.0. The third-order valence-corrected chi connectivity index (χ3v) is 8.70. The molecule has 3 rings (SSSR count). The van der Waals surface area contributed by atoms with Gasteiger partial charge in [0.25, 0.3) is 10.0 Å². The molecular weight excluding hydrogens is 534 g/mol. The first kappa shape index (κ1) is 30.2. The van der Waals surface area contributed by atoms with Crippen molar-refractivity contribution in [3.8, 4) is 0 Å². The summed E-state index contributed by atoms with van der Waals surface area (Å²) < 4.78 is 28.9. The van der Waals surface area contributed by atoms with E-state index in [1.165, 1.54) is 17.0 Å². The first-order chi connectivity index (χ1) is 18.6. The minimum atomic E-state index is -4.10. The number of hydrogen-bond donors (Lipinski definition) is 1. The lowest BCUT2D eigenvalue weighted by molar-refractivity contribution is -0.139.